The van der Waals surface area contributed by atoms with Crippen LogP contribution in [0.5, 0.6) is 0 Å². The molecule has 0 aliphatic rings. The van der Waals surface area contributed by atoms with E-state index in [1.807, 2.05) is 0 Å². The number of hydrogen-bond acceptors (Lipinski definition) is 4. The highest BCUT2D eigenvalue weighted by Gasteiger charge is 2.12. The number of nitrogens with zero attached hydrogens (tertiary/aromatic N) is 2. The van der Waals surface area contributed by atoms with Gasteiger partial charge >= 0.3 is 0 Å². The summed E-state index contributed by atoms with van der Waals surface area (Å²) in [6, 6.07) is 2.56. The van der Waals surface area contributed by atoms with Crippen LogP contribution in [0.15, 0.2) is 21.1 Å². The molecule has 0 spiro atoms. The van der Waals surface area contributed by atoms with E-state index >= 15 is 0 Å². The largest absolute Gasteiger partial charge is 0.409 e. The standard InChI is InChI=1S/C11H18BrN3OS/c1-8(2)15(4-3-11(13)14-16)6-10-5-9(12)7-17-10/h5,7-8,16H,3-4,6H2,1-2H3,(H2,13,14). The van der Waals surface area contributed by atoms with Crippen molar-refractivity contribution in [3.63, 3.8) is 0 Å². The molecule has 0 radical (unpaired) electrons. The van der Waals surface area contributed by atoms with Crippen LogP contribution in [-0.4, -0.2) is 28.5 Å². The molecule has 0 aromatic carbocycles. The van der Waals surface area contributed by atoms with E-state index in [2.05, 4.69) is 51.3 Å². The molecule has 96 valence electrons. The summed E-state index contributed by atoms with van der Waals surface area (Å²) in [6.45, 7) is 5.99. The quantitative estimate of drug-likeness (QED) is 0.367. The number of nitrogens with two attached hydrogens (primary N) is 1. The SMILES string of the molecule is CC(C)N(CCC(N)=NO)Cc1cc(Br)cs1. The third-order valence-corrected chi connectivity index (χ3v) is 4.18. The van der Waals surface area contributed by atoms with Crippen molar-refractivity contribution in [2.45, 2.75) is 32.9 Å². The lowest BCUT2D eigenvalue weighted by atomic mass is 10.2. The topological polar surface area (TPSA) is 61.8 Å². The molecule has 0 saturated carbocycles. The van der Waals surface area contributed by atoms with Crippen LogP contribution in [0.25, 0.3) is 0 Å². The van der Waals surface area contributed by atoms with Crippen molar-refractivity contribution in [3.8, 4) is 0 Å². The highest BCUT2D eigenvalue weighted by atomic mass is 79.9. The van der Waals surface area contributed by atoms with Gasteiger partial charge in [-0.15, -0.1) is 11.3 Å². The molecule has 6 heteroatoms. The zero-order chi connectivity index (χ0) is 12.8. The Morgan fingerprint density at radius 3 is 2.82 bits per heavy atom. The van der Waals surface area contributed by atoms with Crippen LogP contribution < -0.4 is 5.73 Å². The van der Waals surface area contributed by atoms with Crippen LogP contribution in [0, 0.1) is 0 Å². The van der Waals surface area contributed by atoms with Gasteiger partial charge in [0, 0.05) is 40.3 Å². The lowest BCUT2D eigenvalue weighted by Gasteiger charge is -2.25. The van der Waals surface area contributed by atoms with Crippen molar-refractivity contribution in [2.24, 2.45) is 10.9 Å². The number of amidine groups is 1. The second kappa shape index (κ2) is 6.98. The van der Waals surface area contributed by atoms with Gasteiger partial charge in [0.05, 0.1) is 0 Å². The Morgan fingerprint density at radius 1 is 1.65 bits per heavy atom. The number of halogens is 1. The molecule has 0 atom stereocenters. The van der Waals surface area contributed by atoms with Gasteiger partial charge in [0.15, 0.2) is 0 Å². The zero-order valence-electron chi connectivity index (χ0n) is 10.1. The first-order chi connectivity index (χ1) is 8.02. The zero-order valence-corrected chi connectivity index (χ0v) is 12.5. The smallest absolute Gasteiger partial charge is 0.140 e. The molecule has 1 aromatic rings. The van der Waals surface area contributed by atoms with Crippen molar-refractivity contribution < 1.29 is 5.21 Å². The number of hydrogen-bond donors (Lipinski definition) is 2. The van der Waals surface area contributed by atoms with Crippen LogP contribution in [0.1, 0.15) is 25.1 Å². The van der Waals surface area contributed by atoms with Crippen molar-refractivity contribution in [1.29, 1.82) is 0 Å². The summed E-state index contributed by atoms with van der Waals surface area (Å²) in [6.07, 6.45) is 0.585. The van der Waals surface area contributed by atoms with E-state index in [4.69, 9.17) is 10.9 Å². The van der Waals surface area contributed by atoms with E-state index in [9.17, 15) is 0 Å². The Hall–Kier alpha value is -0.590. The average Bonchev–Trinajstić information content (AvgIpc) is 2.69. The van der Waals surface area contributed by atoms with E-state index in [0.717, 1.165) is 17.6 Å². The fourth-order valence-electron chi connectivity index (χ4n) is 1.46. The van der Waals surface area contributed by atoms with E-state index < -0.39 is 0 Å². The number of rotatable bonds is 6. The second-order valence-electron chi connectivity index (χ2n) is 4.14. The molecule has 0 aliphatic heterocycles. The van der Waals surface area contributed by atoms with Crippen molar-refractivity contribution in [2.75, 3.05) is 6.54 Å². The Labute approximate surface area is 114 Å². The minimum absolute atomic E-state index is 0.281. The van der Waals surface area contributed by atoms with Crippen molar-refractivity contribution in [1.82, 2.24) is 4.90 Å². The third kappa shape index (κ3) is 5.06. The Balaban J connectivity index is 2.54. The van der Waals surface area contributed by atoms with Gasteiger partial charge in [-0.05, 0) is 35.8 Å². The van der Waals surface area contributed by atoms with Crippen LogP contribution in [0.4, 0.5) is 0 Å². The van der Waals surface area contributed by atoms with Crippen LogP contribution >= 0.6 is 27.3 Å². The number of oxime groups is 1. The molecule has 0 fully saturated rings. The summed E-state index contributed by atoms with van der Waals surface area (Å²) in [5.41, 5.74) is 5.49. The molecule has 0 amide bonds. The third-order valence-electron chi connectivity index (χ3n) is 2.49. The van der Waals surface area contributed by atoms with Gasteiger partial charge in [-0.25, -0.2) is 0 Å². The summed E-state index contributed by atoms with van der Waals surface area (Å²) in [4.78, 5) is 3.61. The lowest BCUT2D eigenvalue weighted by Crippen LogP contribution is -2.33. The molecule has 3 N–H and O–H groups in total. The van der Waals surface area contributed by atoms with Gasteiger partial charge in [0.1, 0.15) is 5.84 Å². The molecule has 0 bridgehead atoms. The Kier molecular flexibility index (Phi) is 5.94. The first-order valence-electron chi connectivity index (χ1n) is 5.46. The average molecular weight is 320 g/mol. The predicted octanol–water partition coefficient (Wildman–Crippen LogP) is 2.86. The maximum absolute atomic E-state index is 8.52. The van der Waals surface area contributed by atoms with Crippen LogP contribution in [0.3, 0.4) is 0 Å². The van der Waals surface area contributed by atoms with E-state index in [0.29, 0.717) is 12.5 Å². The van der Waals surface area contributed by atoms with Gasteiger partial charge in [-0.1, -0.05) is 5.16 Å². The molecule has 17 heavy (non-hydrogen) atoms. The summed E-state index contributed by atoms with van der Waals surface area (Å²) in [5.74, 6) is 0.281. The van der Waals surface area contributed by atoms with E-state index in [1.165, 1.54) is 4.88 Å². The molecule has 1 aromatic heterocycles. The van der Waals surface area contributed by atoms with Crippen molar-refractivity contribution in [3.05, 3.63) is 20.8 Å². The highest BCUT2D eigenvalue weighted by molar-refractivity contribution is 9.10. The molecule has 1 heterocycles. The Bertz CT molecular complexity index is 379. The molecular weight excluding hydrogens is 302 g/mol. The van der Waals surface area contributed by atoms with Crippen LogP contribution in [-0.2, 0) is 6.54 Å². The van der Waals surface area contributed by atoms with Gasteiger partial charge in [-0.2, -0.15) is 0 Å². The molecule has 4 nitrogen and oxygen atoms in total. The first-order valence-corrected chi connectivity index (χ1v) is 7.13. The first kappa shape index (κ1) is 14.5. The van der Waals surface area contributed by atoms with E-state index in [1.54, 1.807) is 11.3 Å². The molecule has 0 saturated heterocycles. The summed E-state index contributed by atoms with van der Waals surface area (Å²) < 4.78 is 1.12. The minimum atomic E-state index is 0.281. The van der Waals surface area contributed by atoms with Crippen LogP contribution in [0.2, 0.25) is 0 Å². The second-order valence-corrected chi connectivity index (χ2v) is 6.05. The maximum Gasteiger partial charge on any atom is 0.140 e. The van der Waals surface area contributed by atoms with Gasteiger partial charge in [-0.3, -0.25) is 4.90 Å². The fourth-order valence-corrected chi connectivity index (χ4v) is 2.94. The van der Waals surface area contributed by atoms with Gasteiger partial charge in [0.2, 0.25) is 0 Å². The normalized spacial score (nSPS) is 12.6. The van der Waals surface area contributed by atoms with Gasteiger partial charge in [0.25, 0.3) is 0 Å². The molecular formula is C11H18BrN3OS. The Morgan fingerprint density at radius 2 is 2.35 bits per heavy atom. The number of thiophene rings is 1. The molecule has 0 aliphatic carbocycles. The lowest BCUT2D eigenvalue weighted by molar-refractivity contribution is 0.219. The predicted molar refractivity (Wildman–Crippen MR) is 75.6 cm³/mol. The summed E-state index contributed by atoms with van der Waals surface area (Å²) in [5, 5.41) is 13.6. The summed E-state index contributed by atoms with van der Waals surface area (Å²) in [7, 11) is 0. The molecule has 1 rings (SSSR count). The maximum atomic E-state index is 8.52. The molecule has 0 unspecified atom stereocenters. The van der Waals surface area contributed by atoms with Gasteiger partial charge < -0.3 is 10.9 Å². The van der Waals surface area contributed by atoms with Crippen molar-refractivity contribution >= 4 is 33.1 Å². The summed E-state index contributed by atoms with van der Waals surface area (Å²) >= 11 is 5.19. The van der Waals surface area contributed by atoms with E-state index in [-0.39, 0.29) is 5.84 Å². The fraction of sp³-hybridized carbons (Fsp3) is 0.545. The monoisotopic (exact) mass is 319 g/mol. The minimum Gasteiger partial charge on any atom is -0.409 e. The highest BCUT2D eigenvalue weighted by Crippen LogP contribution is 2.21.